The average Bonchev–Trinajstić information content (AvgIpc) is 3.28. The van der Waals surface area contributed by atoms with Crippen LogP contribution in [-0.2, 0) is 9.47 Å². The zero-order chi connectivity index (χ0) is 20.3. The Bertz CT molecular complexity index is 844. The van der Waals surface area contributed by atoms with E-state index in [4.69, 9.17) is 14.7 Å². The fraction of sp³-hybridized carbons (Fsp3) is 0.444. The lowest BCUT2D eigenvalue weighted by atomic mass is 10.1. The molecule has 1 aromatic rings. The van der Waals surface area contributed by atoms with Crippen molar-refractivity contribution in [1.82, 2.24) is 9.80 Å². The number of likely N-dealkylation sites (tertiary alicyclic amines) is 1. The molecule has 7 nitrogen and oxygen atoms in total. The summed E-state index contributed by atoms with van der Waals surface area (Å²) in [6, 6.07) is 5.40. The summed E-state index contributed by atoms with van der Waals surface area (Å²) in [4.78, 5) is 3.44. The van der Waals surface area contributed by atoms with Crippen LogP contribution in [0.5, 0.6) is 5.75 Å². The van der Waals surface area contributed by atoms with E-state index in [-0.39, 0.29) is 35.7 Å². The lowest BCUT2D eigenvalue weighted by Gasteiger charge is -2.20. The number of benzene rings is 1. The number of rotatable bonds is 5. The monoisotopic (exact) mass is 394 g/mol. The first-order valence-electron chi connectivity index (χ1n) is 8.40. The molecular formula is C18H17F3N4O3. The largest absolute Gasteiger partial charge is 0.573 e. The highest BCUT2D eigenvalue weighted by atomic mass is 19.4. The van der Waals surface area contributed by atoms with Gasteiger partial charge in [-0.25, -0.2) is 0 Å². The summed E-state index contributed by atoms with van der Waals surface area (Å²) in [7, 11) is 1.56. The van der Waals surface area contributed by atoms with Gasteiger partial charge in [-0.3, -0.25) is 0 Å². The van der Waals surface area contributed by atoms with Crippen molar-refractivity contribution >= 4 is 5.76 Å². The number of methoxy groups -OCH3 is 1. The molecule has 28 heavy (non-hydrogen) atoms. The Morgan fingerprint density at radius 1 is 1.32 bits per heavy atom. The summed E-state index contributed by atoms with van der Waals surface area (Å²) < 4.78 is 52.9. The molecular weight excluding hydrogens is 377 g/mol. The van der Waals surface area contributed by atoms with Crippen LogP contribution in [0.2, 0.25) is 0 Å². The normalized spacial score (nSPS) is 21.7. The number of hydrogen-bond donors (Lipinski definition) is 0. The minimum absolute atomic E-state index is 0.0439. The van der Waals surface area contributed by atoms with Crippen LogP contribution in [0.1, 0.15) is 17.5 Å². The molecule has 10 heteroatoms. The zero-order valence-electron chi connectivity index (χ0n) is 14.9. The van der Waals surface area contributed by atoms with Crippen molar-refractivity contribution in [2.75, 3.05) is 27.0 Å². The highest BCUT2D eigenvalue weighted by Crippen LogP contribution is 2.36. The van der Waals surface area contributed by atoms with Gasteiger partial charge < -0.3 is 24.0 Å². The Labute approximate surface area is 159 Å². The maximum Gasteiger partial charge on any atom is 0.573 e. The van der Waals surface area contributed by atoms with Crippen LogP contribution in [0.3, 0.4) is 0 Å². The van der Waals surface area contributed by atoms with Crippen molar-refractivity contribution in [3.63, 3.8) is 0 Å². The third-order valence-electron chi connectivity index (χ3n) is 4.60. The van der Waals surface area contributed by atoms with E-state index in [2.05, 4.69) is 10.9 Å². The lowest BCUT2D eigenvalue weighted by molar-refractivity contribution is -0.274. The molecule has 148 valence electrons. The average molecular weight is 394 g/mol. The Kier molecular flexibility index (Phi) is 5.52. The summed E-state index contributed by atoms with van der Waals surface area (Å²) in [6.45, 7) is 0.992. The molecule has 0 saturated carbocycles. The molecule has 2 heterocycles. The predicted molar refractivity (Wildman–Crippen MR) is 90.0 cm³/mol. The van der Waals surface area contributed by atoms with Gasteiger partial charge in [-0.2, -0.15) is 10.5 Å². The lowest BCUT2D eigenvalue weighted by Crippen LogP contribution is -2.31. The number of alkyl halides is 3. The molecule has 0 spiro atoms. The Morgan fingerprint density at radius 2 is 2.11 bits per heavy atom. The number of ether oxygens (including phenoxy) is 3. The Balaban J connectivity index is 1.84. The number of halogens is 3. The molecule has 0 unspecified atom stereocenters. The second-order valence-corrected chi connectivity index (χ2v) is 6.40. The van der Waals surface area contributed by atoms with Gasteiger partial charge in [0.05, 0.1) is 35.9 Å². The van der Waals surface area contributed by atoms with Gasteiger partial charge in [0.25, 0.3) is 0 Å². The first kappa shape index (κ1) is 19.6. The SMILES string of the molecule is COC[C@@H]1C[C@@H](N2C=C(c3cc(C#N)ccc3OC(F)(F)F)OC2)CN1C#N. The number of nitrogens with zero attached hydrogens (tertiary/aromatic N) is 4. The van der Waals surface area contributed by atoms with Gasteiger partial charge in [-0.1, -0.05) is 0 Å². The van der Waals surface area contributed by atoms with E-state index in [1.165, 1.54) is 12.1 Å². The van der Waals surface area contributed by atoms with Crippen LogP contribution in [-0.4, -0.2) is 55.2 Å². The third kappa shape index (κ3) is 4.24. The molecule has 1 aromatic carbocycles. The van der Waals surface area contributed by atoms with Gasteiger partial charge in [0.1, 0.15) is 11.5 Å². The molecule has 3 rings (SSSR count). The van der Waals surface area contributed by atoms with E-state index in [1.807, 2.05) is 11.0 Å². The summed E-state index contributed by atoms with van der Waals surface area (Å²) in [5.74, 6) is -0.267. The van der Waals surface area contributed by atoms with Crippen molar-refractivity contribution in [1.29, 1.82) is 10.5 Å². The number of nitriles is 2. The highest BCUT2D eigenvalue weighted by Gasteiger charge is 2.37. The van der Waals surface area contributed by atoms with E-state index in [1.54, 1.807) is 18.2 Å². The van der Waals surface area contributed by atoms with Gasteiger partial charge in [0.2, 0.25) is 0 Å². The topological polar surface area (TPSA) is 81.8 Å². The molecule has 1 fully saturated rings. The molecule has 2 aliphatic rings. The maximum absolute atomic E-state index is 12.7. The second-order valence-electron chi connectivity index (χ2n) is 6.40. The zero-order valence-corrected chi connectivity index (χ0v) is 14.9. The Morgan fingerprint density at radius 3 is 2.75 bits per heavy atom. The van der Waals surface area contributed by atoms with Crippen molar-refractivity contribution in [2.24, 2.45) is 0 Å². The van der Waals surface area contributed by atoms with Crippen LogP contribution in [0, 0.1) is 22.8 Å². The van der Waals surface area contributed by atoms with Crippen molar-refractivity contribution in [2.45, 2.75) is 24.9 Å². The molecule has 0 amide bonds. The van der Waals surface area contributed by atoms with E-state index < -0.39 is 12.1 Å². The van der Waals surface area contributed by atoms with E-state index in [0.717, 1.165) is 6.07 Å². The van der Waals surface area contributed by atoms with Crippen LogP contribution in [0.4, 0.5) is 13.2 Å². The summed E-state index contributed by atoms with van der Waals surface area (Å²) >= 11 is 0. The number of hydrogen-bond acceptors (Lipinski definition) is 7. The minimum atomic E-state index is -4.87. The van der Waals surface area contributed by atoms with E-state index >= 15 is 0 Å². The molecule has 2 atom stereocenters. The molecule has 0 aliphatic carbocycles. The quantitative estimate of drug-likeness (QED) is 0.710. The molecule has 2 aliphatic heterocycles. The molecule has 0 aromatic heterocycles. The highest BCUT2D eigenvalue weighted by molar-refractivity contribution is 5.68. The van der Waals surface area contributed by atoms with Gasteiger partial charge in [-0.15, -0.1) is 13.2 Å². The molecule has 1 saturated heterocycles. The molecule has 0 bridgehead atoms. The van der Waals surface area contributed by atoms with Crippen molar-refractivity contribution in [3.8, 4) is 18.0 Å². The van der Waals surface area contributed by atoms with Crippen LogP contribution in [0.15, 0.2) is 24.4 Å². The molecule has 0 radical (unpaired) electrons. The van der Waals surface area contributed by atoms with E-state index in [0.29, 0.717) is 19.6 Å². The standard InChI is InChI=1S/C18H17F3N4O3/c1-26-9-14-5-13(7-24(14)10-23)25-8-17(27-11-25)15-4-12(6-22)2-3-16(15)28-18(19,20)21/h2-4,8,13-14H,5,7,9,11H2,1H3/t13-,14+/m1/s1. The Hall–Kier alpha value is -3.11. The first-order valence-corrected chi connectivity index (χ1v) is 8.40. The van der Waals surface area contributed by atoms with Gasteiger partial charge in [0.15, 0.2) is 12.9 Å². The summed E-state index contributed by atoms with van der Waals surface area (Å²) in [6.07, 6.45) is -0.494. The third-order valence-corrected chi connectivity index (χ3v) is 4.60. The van der Waals surface area contributed by atoms with E-state index in [9.17, 15) is 18.4 Å². The van der Waals surface area contributed by atoms with Crippen LogP contribution < -0.4 is 4.74 Å². The molecule has 0 N–H and O–H groups in total. The van der Waals surface area contributed by atoms with Crippen LogP contribution in [0.25, 0.3) is 5.76 Å². The maximum atomic E-state index is 12.7. The van der Waals surface area contributed by atoms with Crippen molar-refractivity contribution in [3.05, 3.63) is 35.5 Å². The smallest absolute Gasteiger partial charge is 0.471 e. The van der Waals surface area contributed by atoms with Gasteiger partial charge in [0, 0.05) is 19.9 Å². The van der Waals surface area contributed by atoms with Crippen molar-refractivity contribution < 1.29 is 27.4 Å². The first-order chi connectivity index (χ1) is 13.3. The predicted octanol–water partition coefficient (Wildman–Crippen LogP) is 2.62. The van der Waals surface area contributed by atoms with Gasteiger partial charge in [-0.05, 0) is 24.6 Å². The van der Waals surface area contributed by atoms with Crippen LogP contribution >= 0.6 is 0 Å². The summed E-state index contributed by atoms with van der Waals surface area (Å²) in [5, 5.41) is 18.3. The summed E-state index contributed by atoms with van der Waals surface area (Å²) in [5.41, 5.74) is 0.228. The minimum Gasteiger partial charge on any atom is -0.471 e. The fourth-order valence-corrected chi connectivity index (χ4v) is 3.34. The second kappa shape index (κ2) is 7.87. The van der Waals surface area contributed by atoms with Gasteiger partial charge >= 0.3 is 6.36 Å². The fourth-order valence-electron chi connectivity index (χ4n) is 3.34.